The molecular weight excluding hydrogens is 210 g/mol. The highest BCUT2D eigenvalue weighted by Crippen LogP contribution is 2.34. The summed E-state index contributed by atoms with van der Waals surface area (Å²) in [5.74, 6) is 0.787. The zero-order valence-electron chi connectivity index (χ0n) is 10.3. The molecule has 0 spiro atoms. The normalized spacial score (nSPS) is 17.0. The first-order valence-corrected chi connectivity index (χ1v) is 6.65. The van der Waals surface area contributed by atoms with Gasteiger partial charge in [-0.3, -0.25) is 4.79 Å². The molecule has 0 atom stereocenters. The molecule has 2 rings (SSSR count). The summed E-state index contributed by atoms with van der Waals surface area (Å²) in [6, 6.07) is 8.08. The van der Waals surface area contributed by atoms with Gasteiger partial charge in [0.05, 0.1) is 0 Å². The predicted molar refractivity (Wildman–Crippen MR) is 70.3 cm³/mol. The van der Waals surface area contributed by atoms with Crippen LogP contribution in [0.4, 0.5) is 0 Å². The minimum absolute atomic E-state index is 0.202. The van der Waals surface area contributed by atoms with Crippen molar-refractivity contribution in [2.75, 3.05) is 6.54 Å². The van der Waals surface area contributed by atoms with Crippen molar-refractivity contribution in [3.63, 3.8) is 0 Å². The number of hydrogen-bond acceptors (Lipinski definition) is 2. The highest BCUT2D eigenvalue weighted by molar-refractivity contribution is 5.97. The lowest BCUT2D eigenvalue weighted by Crippen LogP contribution is -2.13. The summed E-state index contributed by atoms with van der Waals surface area (Å²) >= 11 is 0. The summed E-state index contributed by atoms with van der Waals surface area (Å²) in [5.41, 5.74) is 7.64. The van der Waals surface area contributed by atoms with Crippen LogP contribution in [-0.2, 0) is 0 Å². The van der Waals surface area contributed by atoms with Gasteiger partial charge in [0.1, 0.15) is 0 Å². The molecule has 17 heavy (non-hydrogen) atoms. The average Bonchev–Trinajstić information content (AvgIpc) is 2.40. The van der Waals surface area contributed by atoms with Crippen LogP contribution in [-0.4, -0.2) is 12.3 Å². The van der Waals surface area contributed by atoms with Gasteiger partial charge in [-0.25, -0.2) is 0 Å². The van der Waals surface area contributed by atoms with E-state index < -0.39 is 0 Å². The van der Waals surface area contributed by atoms with E-state index in [-0.39, 0.29) is 5.78 Å². The second kappa shape index (κ2) is 5.97. The van der Waals surface area contributed by atoms with Gasteiger partial charge >= 0.3 is 0 Å². The Morgan fingerprint density at radius 2 is 1.88 bits per heavy atom. The Morgan fingerprint density at radius 1 is 1.18 bits per heavy atom. The number of carbonyl (C=O) groups is 1. The van der Waals surface area contributed by atoms with Crippen LogP contribution in [0.5, 0.6) is 0 Å². The van der Waals surface area contributed by atoms with Crippen LogP contribution in [0.3, 0.4) is 0 Å². The van der Waals surface area contributed by atoms with E-state index in [1.807, 2.05) is 18.2 Å². The minimum Gasteiger partial charge on any atom is -0.330 e. The summed E-state index contributed by atoms with van der Waals surface area (Å²) < 4.78 is 0. The maximum atomic E-state index is 12.0. The van der Waals surface area contributed by atoms with Gasteiger partial charge in [-0.05, 0) is 30.9 Å². The lowest BCUT2D eigenvalue weighted by atomic mass is 9.81. The summed E-state index contributed by atoms with van der Waals surface area (Å²) in [5, 5.41) is 0. The van der Waals surface area contributed by atoms with Crippen LogP contribution in [0.2, 0.25) is 0 Å². The van der Waals surface area contributed by atoms with Crippen LogP contribution in [0, 0.1) is 0 Å². The molecule has 0 radical (unpaired) electrons. The third-order valence-electron chi connectivity index (χ3n) is 3.68. The molecule has 1 aromatic carbocycles. The predicted octanol–water partition coefficient (Wildman–Crippen LogP) is 3.27. The maximum absolute atomic E-state index is 12.0. The van der Waals surface area contributed by atoms with Crippen LogP contribution in [0.1, 0.15) is 60.4 Å². The molecule has 92 valence electrons. The largest absolute Gasteiger partial charge is 0.330 e. The van der Waals surface area contributed by atoms with Gasteiger partial charge in [0.15, 0.2) is 5.78 Å². The highest BCUT2D eigenvalue weighted by Gasteiger charge is 2.20. The van der Waals surface area contributed by atoms with Crippen molar-refractivity contribution < 1.29 is 4.79 Å². The minimum atomic E-state index is 0.202. The van der Waals surface area contributed by atoms with E-state index in [4.69, 9.17) is 5.73 Å². The Kier molecular flexibility index (Phi) is 4.32. The molecule has 1 aliphatic carbocycles. The average molecular weight is 231 g/mol. The first kappa shape index (κ1) is 12.3. The van der Waals surface area contributed by atoms with Crippen LogP contribution < -0.4 is 5.73 Å². The lowest BCUT2D eigenvalue weighted by molar-refractivity contribution is 0.0984. The standard InChI is InChI=1S/C15H21NO/c16-11-10-15(17)14-9-5-4-8-13(14)12-6-2-1-3-7-12/h4-5,8-9,12H,1-3,6-7,10-11,16H2. The molecule has 0 aromatic heterocycles. The SMILES string of the molecule is NCCC(=O)c1ccccc1C1CCCCC1. The number of benzene rings is 1. The van der Waals surface area contributed by atoms with Crippen molar-refractivity contribution >= 4 is 5.78 Å². The molecule has 0 amide bonds. The van der Waals surface area contributed by atoms with Gasteiger partial charge in [0.2, 0.25) is 0 Å². The number of hydrogen-bond donors (Lipinski definition) is 1. The van der Waals surface area contributed by atoms with Gasteiger partial charge in [-0.15, -0.1) is 0 Å². The molecular formula is C15H21NO. The monoisotopic (exact) mass is 231 g/mol. The van der Waals surface area contributed by atoms with E-state index in [0.717, 1.165) is 5.56 Å². The van der Waals surface area contributed by atoms with E-state index in [1.165, 1.54) is 37.7 Å². The number of carbonyl (C=O) groups excluding carboxylic acids is 1. The summed E-state index contributed by atoms with van der Waals surface area (Å²) in [6.07, 6.45) is 6.85. The van der Waals surface area contributed by atoms with E-state index in [2.05, 4.69) is 6.07 Å². The molecule has 2 heteroatoms. The molecule has 0 saturated heterocycles. The summed E-state index contributed by atoms with van der Waals surface area (Å²) in [7, 11) is 0. The van der Waals surface area contributed by atoms with Crippen molar-refractivity contribution in [1.29, 1.82) is 0 Å². The van der Waals surface area contributed by atoms with E-state index in [1.54, 1.807) is 0 Å². The molecule has 0 heterocycles. The molecule has 2 nitrogen and oxygen atoms in total. The van der Waals surface area contributed by atoms with E-state index in [9.17, 15) is 4.79 Å². The number of ketones is 1. The van der Waals surface area contributed by atoms with Crippen molar-refractivity contribution in [2.24, 2.45) is 5.73 Å². The Labute approximate surface area is 103 Å². The Hall–Kier alpha value is -1.15. The fourth-order valence-electron chi connectivity index (χ4n) is 2.79. The molecule has 2 N–H and O–H groups in total. The Bertz CT molecular complexity index is 380. The molecule has 1 saturated carbocycles. The second-order valence-corrected chi connectivity index (χ2v) is 4.88. The van der Waals surface area contributed by atoms with Gasteiger partial charge in [0.25, 0.3) is 0 Å². The first-order valence-electron chi connectivity index (χ1n) is 6.65. The van der Waals surface area contributed by atoms with Crippen molar-refractivity contribution in [1.82, 2.24) is 0 Å². The zero-order valence-corrected chi connectivity index (χ0v) is 10.3. The number of nitrogens with two attached hydrogens (primary N) is 1. The Balaban J connectivity index is 2.23. The fraction of sp³-hybridized carbons (Fsp3) is 0.533. The third kappa shape index (κ3) is 2.95. The maximum Gasteiger partial charge on any atom is 0.164 e. The summed E-state index contributed by atoms with van der Waals surface area (Å²) in [6.45, 7) is 0.442. The van der Waals surface area contributed by atoms with Crippen LogP contribution in [0.25, 0.3) is 0 Å². The van der Waals surface area contributed by atoms with Gasteiger partial charge in [0, 0.05) is 12.0 Å². The molecule has 1 aliphatic rings. The fourth-order valence-corrected chi connectivity index (χ4v) is 2.79. The molecule has 1 aromatic rings. The number of rotatable bonds is 4. The number of Topliss-reactive ketones (excluding diaryl/α,β-unsaturated/α-hetero) is 1. The molecule has 0 bridgehead atoms. The molecule has 0 unspecified atom stereocenters. The highest BCUT2D eigenvalue weighted by atomic mass is 16.1. The zero-order chi connectivity index (χ0) is 12.1. The van der Waals surface area contributed by atoms with Crippen molar-refractivity contribution in [2.45, 2.75) is 44.4 Å². The smallest absolute Gasteiger partial charge is 0.164 e. The van der Waals surface area contributed by atoms with E-state index >= 15 is 0 Å². The van der Waals surface area contributed by atoms with Crippen molar-refractivity contribution in [3.05, 3.63) is 35.4 Å². The topological polar surface area (TPSA) is 43.1 Å². The van der Waals surface area contributed by atoms with Gasteiger partial charge < -0.3 is 5.73 Å². The van der Waals surface area contributed by atoms with Crippen molar-refractivity contribution in [3.8, 4) is 0 Å². The molecule has 0 aliphatic heterocycles. The van der Waals surface area contributed by atoms with Crippen LogP contribution >= 0.6 is 0 Å². The third-order valence-corrected chi connectivity index (χ3v) is 3.68. The quantitative estimate of drug-likeness (QED) is 0.808. The first-order chi connectivity index (χ1) is 8.33. The summed E-state index contributed by atoms with van der Waals surface area (Å²) in [4.78, 5) is 12.0. The van der Waals surface area contributed by atoms with Crippen LogP contribution in [0.15, 0.2) is 24.3 Å². The van der Waals surface area contributed by atoms with Gasteiger partial charge in [-0.2, -0.15) is 0 Å². The van der Waals surface area contributed by atoms with Gasteiger partial charge in [-0.1, -0.05) is 43.5 Å². The van der Waals surface area contributed by atoms with E-state index in [0.29, 0.717) is 18.9 Å². The lowest BCUT2D eigenvalue weighted by Gasteiger charge is -2.23. The molecule has 1 fully saturated rings. The second-order valence-electron chi connectivity index (χ2n) is 4.88. The Morgan fingerprint density at radius 3 is 2.59 bits per heavy atom.